The predicted molar refractivity (Wildman–Crippen MR) is 68.9 cm³/mol. The van der Waals surface area contributed by atoms with E-state index in [2.05, 4.69) is 17.5 Å². The van der Waals surface area contributed by atoms with Crippen molar-refractivity contribution >= 4 is 11.6 Å². The standard InChI is InChI=1S/C14H17FN2O/c1-10-6-2-5-9-13(10)16-17-14(18)11-7-3-4-8-12(11)15/h3-4,7-8,10H,2,5-6,9H2,1H3,(H,17,18)/b16-13-/t10-/m1/s1. The second-order valence-electron chi connectivity index (χ2n) is 4.67. The zero-order valence-corrected chi connectivity index (χ0v) is 10.4. The number of nitrogens with one attached hydrogen (secondary N) is 1. The van der Waals surface area contributed by atoms with Gasteiger partial charge in [-0.25, -0.2) is 9.82 Å². The highest BCUT2D eigenvalue weighted by atomic mass is 19.1. The predicted octanol–water partition coefficient (Wildman–Crippen LogP) is 3.12. The van der Waals surface area contributed by atoms with Crippen molar-refractivity contribution in [2.45, 2.75) is 32.6 Å². The fourth-order valence-corrected chi connectivity index (χ4v) is 2.16. The minimum atomic E-state index is -0.521. The highest BCUT2D eigenvalue weighted by molar-refractivity contribution is 5.96. The molecule has 1 atom stereocenters. The first-order valence-corrected chi connectivity index (χ1v) is 6.30. The molecule has 0 aliphatic heterocycles. The van der Waals surface area contributed by atoms with Gasteiger partial charge in [-0.05, 0) is 37.3 Å². The molecule has 1 saturated carbocycles. The molecular formula is C14H17FN2O. The molecular weight excluding hydrogens is 231 g/mol. The summed E-state index contributed by atoms with van der Waals surface area (Å²) in [7, 11) is 0. The van der Waals surface area contributed by atoms with Gasteiger partial charge in [0.2, 0.25) is 0 Å². The number of amides is 1. The molecule has 3 nitrogen and oxygen atoms in total. The Morgan fingerprint density at radius 3 is 2.89 bits per heavy atom. The molecule has 4 heteroatoms. The average Bonchev–Trinajstić information content (AvgIpc) is 2.38. The van der Waals surface area contributed by atoms with Crippen molar-refractivity contribution in [1.29, 1.82) is 0 Å². The van der Waals surface area contributed by atoms with Crippen LogP contribution in [0.5, 0.6) is 0 Å². The molecule has 0 aromatic heterocycles. The van der Waals surface area contributed by atoms with Crippen LogP contribution >= 0.6 is 0 Å². The number of benzene rings is 1. The third-order valence-electron chi connectivity index (χ3n) is 3.31. The average molecular weight is 248 g/mol. The van der Waals surface area contributed by atoms with Crippen molar-refractivity contribution in [2.75, 3.05) is 0 Å². The summed E-state index contributed by atoms with van der Waals surface area (Å²) >= 11 is 0. The van der Waals surface area contributed by atoms with E-state index in [9.17, 15) is 9.18 Å². The topological polar surface area (TPSA) is 41.5 Å². The van der Waals surface area contributed by atoms with Gasteiger partial charge in [0.25, 0.3) is 5.91 Å². The van der Waals surface area contributed by atoms with E-state index in [1.807, 2.05) is 0 Å². The van der Waals surface area contributed by atoms with Gasteiger partial charge < -0.3 is 0 Å². The molecule has 1 aliphatic rings. The third kappa shape index (κ3) is 2.94. The zero-order valence-electron chi connectivity index (χ0n) is 10.4. The molecule has 0 bridgehead atoms. The minimum Gasteiger partial charge on any atom is -0.267 e. The highest BCUT2D eigenvalue weighted by Gasteiger charge is 2.16. The smallest absolute Gasteiger partial charge is 0.267 e. The van der Waals surface area contributed by atoms with Crippen molar-refractivity contribution in [3.63, 3.8) is 0 Å². The molecule has 0 unspecified atom stereocenters. The van der Waals surface area contributed by atoms with Crippen LogP contribution in [0.2, 0.25) is 0 Å². The highest BCUT2D eigenvalue weighted by Crippen LogP contribution is 2.20. The van der Waals surface area contributed by atoms with Crippen LogP contribution in [0.15, 0.2) is 29.4 Å². The molecule has 1 aromatic rings. The fourth-order valence-electron chi connectivity index (χ4n) is 2.16. The first-order chi connectivity index (χ1) is 8.68. The zero-order chi connectivity index (χ0) is 13.0. The van der Waals surface area contributed by atoms with E-state index in [1.54, 1.807) is 12.1 Å². The summed E-state index contributed by atoms with van der Waals surface area (Å²) in [5.74, 6) is -0.607. The van der Waals surface area contributed by atoms with Crippen LogP contribution in [-0.2, 0) is 0 Å². The summed E-state index contributed by atoms with van der Waals surface area (Å²) in [4.78, 5) is 11.8. The quantitative estimate of drug-likeness (QED) is 0.803. The first kappa shape index (κ1) is 12.7. The minimum absolute atomic E-state index is 0.0327. The lowest BCUT2D eigenvalue weighted by Crippen LogP contribution is -2.24. The Morgan fingerprint density at radius 2 is 2.17 bits per heavy atom. The summed E-state index contributed by atoms with van der Waals surface area (Å²) in [6.45, 7) is 2.10. The summed E-state index contributed by atoms with van der Waals surface area (Å²) < 4.78 is 13.4. The van der Waals surface area contributed by atoms with E-state index < -0.39 is 11.7 Å². The Kier molecular flexibility index (Phi) is 4.07. The molecule has 96 valence electrons. The molecule has 1 N–H and O–H groups in total. The van der Waals surface area contributed by atoms with E-state index in [0.29, 0.717) is 5.92 Å². The number of hydrazone groups is 1. The molecule has 1 amide bonds. The normalized spacial score (nSPS) is 21.9. The summed E-state index contributed by atoms with van der Waals surface area (Å²) in [5.41, 5.74) is 3.49. The Balaban J connectivity index is 2.04. The van der Waals surface area contributed by atoms with Gasteiger partial charge in [0.1, 0.15) is 5.82 Å². The second kappa shape index (κ2) is 5.76. The van der Waals surface area contributed by atoms with Gasteiger partial charge >= 0.3 is 0 Å². The van der Waals surface area contributed by atoms with Crippen LogP contribution < -0.4 is 5.43 Å². The lowest BCUT2D eigenvalue weighted by Gasteiger charge is -2.19. The maximum atomic E-state index is 13.4. The maximum absolute atomic E-state index is 13.4. The van der Waals surface area contributed by atoms with Crippen molar-refractivity contribution in [3.8, 4) is 0 Å². The molecule has 1 aliphatic carbocycles. The number of hydrogen-bond donors (Lipinski definition) is 1. The lowest BCUT2D eigenvalue weighted by atomic mass is 9.89. The number of nitrogens with zero attached hydrogens (tertiary/aromatic N) is 1. The molecule has 18 heavy (non-hydrogen) atoms. The number of carbonyl (C=O) groups is 1. The molecule has 2 rings (SSSR count). The van der Waals surface area contributed by atoms with Crippen molar-refractivity contribution in [2.24, 2.45) is 11.0 Å². The van der Waals surface area contributed by atoms with Crippen LogP contribution in [-0.4, -0.2) is 11.6 Å². The van der Waals surface area contributed by atoms with Gasteiger partial charge in [0, 0.05) is 5.71 Å². The van der Waals surface area contributed by atoms with Crippen LogP contribution in [0.25, 0.3) is 0 Å². The van der Waals surface area contributed by atoms with Crippen LogP contribution in [0, 0.1) is 11.7 Å². The van der Waals surface area contributed by atoms with Crippen LogP contribution in [0.1, 0.15) is 43.0 Å². The Hall–Kier alpha value is -1.71. The van der Waals surface area contributed by atoms with Crippen molar-refractivity contribution < 1.29 is 9.18 Å². The summed E-state index contributed by atoms with van der Waals surface area (Å²) in [5, 5.41) is 4.13. The van der Waals surface area contributed by atoms with E-state index in [4.69, 9.17) is 0 Å². The Bertz CT molecular complexity index is 471. The second-order valence-corrected chi connectivity index (χ2v) is 4.67. The van der Waals surface area contributed by atoms with E-state index in [1.165, 1.54) is 18.6 Å². The third-order valence-corrected chi connectivity index (χ3v) is 3.31. The SMILES string of the molecule is C[C@@H]1CCCC/C1=N/NC(=O)c1ccccc1F. The molecule has 0 heterocycles. The molecule has 1 fully saturated rings. The molecule has 0 saturated heterocycles. The van der Waals surface area contributed by atoms with Gasteiger partial charge in [-0.2, -0.15) is 5.10 Å². The van der Waals surface area contributed by atoms with Gasteiger partial charge in [0.15, 0.2) is 0 Å². The van der Waals surface area contributed by atoms with Crippen molar-refractivity contribution in [1.82, 2.24) is 5.43 Å². The Labute approximate surface area is 106 Å². The van der Waals surface area contributed by atoms with Crippen molar-refractivity contribution in [3.05, 3.63) is 35.6 Å². The number of hydrogen-bond acceptors (Lipinski definition) is 2. The molecule has 1 aromatic carbocycles. The maximum Gasteiger partial charge on any atom is 0.274 e. The van der Waals surface area contributed by atoms with Gasteiger partial charge in [-0.15, -0.1) is 0 Å². The molecule has 0 spiro atoms. The van der Waals surface area contributed by atoms with Crippen LogP contribution in [0.3, 0.4) is 0 Å². The van der Waals surface area contributed by atoms with Gasteiger partial charge in [0.05, 0.1) is 5.56 Å². The summed E-state index contributed by atoms with van der Waals surface area (Å²) in [6.07, 6.45) is 4.34. The lowest BCUT2D eigenvalue weighted by molar-refractivity contribution is 0.0950. The fraction of sp³-hybridized carbons (Fsp3) is 0.429. The van der Waals surface area contributed by atoms with E-state index in [0.717, 1.165) is 25.0 Å². The number of carbonyl (C=O) groups excluding carboxylic acids is 1. The van der Waals surface area contributed by atoms with E-state index >= 15 is 0 Å². The van der Waals surface area contributed by atoms with Gasteiger partial charge in [-0.1, -0.05) is 25.5 Å². The summed E-state index contributed by atoms with van der Waals surface area (Å²) in [6, 6.07) is 5.91. The van der Waals surface area contributed by atoms with E-state index in [-0.39, 0.29) is 5.56 Å². The Morgan fingerprint density at radius 1 is 1.39 bits per heavy atom. The number of rotatable bonds is 2. The van der Waals surface area contributed by atoms with Crippen LogP contribution in [0.4, 0.5) is 4.39 Å². The monoisotopic (exact) mass is 248 g/mol. The first-order valence-electron chi connectivity index (χ1n) is 6.30. The molecule has 0 radical (unpaired) electrons. The van der Waals surface area contributed by atoms with Gasteiger partial charge in [-0.3, -0.25) is 4.79 Å². The number of halogens is 1. The largest absolute Gasteiger partial charge is 0.274 e.